The molecule has 3 unspecified atom stereocenters. The fourth-order valence-corrected chi connectivity index (χ4v) is 4.10. The van der Waals surface area contributed by atoms with Gasteiger partial charge in [-0.1, -0.05) is 37.3 Å². The molecule has 0 bridgehead atoms. The maximum Gasteiger partial charge on any atom is 0.241 e. The van der Waals surface area contributed by atoms with Crippen molar-refractivity contribution < 1.29 is 8.42 Å². The van der Waals surface area contributed by atoms with Crippen LogP contribution in [0.1, 0.15) is 30.5 Å². The van der Waals surface area contributed by atoms with Gasteiger partial charge in [0.05, 0.1) is 22.6 Å². The second-order valence-electron chi connectivity index (χ2n) is 6.02. The molecule has 0 radical (unpaired) electrons. The molecular formula is C18H18N2O2S. The minimum Gasteiger partial charge on any atom is -0.207 e. The number of hydrogen-bond acceptors (Lipinski definition) is 3. The van der Waals surface area contributed by atoms with Crippen molar-refractivity contribution in [2.24, 2.45) is 11.8 Å². The highest BCUT2D eigenvalue weighted by Crippen LogP contribution is 2.47. The second kappa shape index (κ2) is 6.15. The van der Waals surface area contributed by atoms with Gasteiger partial charge in [0.15, 0.2) is 0 Å². The van der Waals surface area contributed by atoms with Crippen LogP contribution in [0.5, 0.6) is 0 Å². The molecule has 1 N–H and O–H groups in total. The lowest BCUT2D eigenvalue weighted by Crippen LogP contribution is -2.30. The first-order valence-corrected chi connectivity index (χ1v) is 9.07. The van der Waals surface area contributed by atoms with E-state index in [2.05, 4.69) is 11.6 Å². The third-order valence-electron chi connectivity index (χ3n) is 4.33. The fraction of sp³-hybridized carbons (Fsp3) is 0.278. The van der Waals surface area contributed by atoms with Crippen LogP contribution in [-0.4, -0.2) is 8.42 Å². The largest absolute Gasteiger partial charge is 0.241 e. The highest BCUT2D eigenvalue weighted by molar-refractivity contribution is 7.89. The van der Waals surface area contributed by atoms with Crippen molar-refractivity contribution in [1.29, 1.82) is 5.26 Å². The van der Waals surface area contributed by atoms with Crippen LogP contribution in [0.4, 0.5) is 0 Å². The van der Waals surface area contributed by atoms with Crippen LogP contribution in [0.3, 0.4) is 0 Å². The quantitative estimate of drug-likeness (QED) is 0.917. The number of nitrogens with zero attached hydrogens (tertiary/aromatic N) is 1. The first-order chi connectivity index (χ1) is 11.0. The van der Waals surface area contributed by atoms with Crippen LogP contribution in [0.25, 0.3) is 0 Å². The van der Waals surface area contributed by atoms with Crippen LogP contribution < -0.4 is 4.72 Å². The fourth-order valence-electron chi connectivity index (χ4n) is 2.82. The van der Waals surface area contributed by atoms with E-state index in [1.807, 2.05) is 36.4 Å². The smallest absolute Gasteiger partial charge is 0.207 e. The Bertz CT molecular complexity index is 824. The van der Waals surface area contributed by atoms with E-state index in [0.29, 0.717) is 17.4 Å². The lowest BCUT2D eigenvalue weighted by Gasteiger charge is -2.19. The Kier molecular flexibility index (Phi) is 4.20. The van der Waals surface area contributed by atoms with Crippen molar-refractivity contribution in [2.75, 3.05) is 0 Å². The molecule has 0 heterocycles. The maximum absolute atomic E-state index is 12.7. The van der Waals surface area contributed by atoms with E-state index < -0.39 is 10.0 Å². The van der Waals surface area contributed by atoms with Crippen molar-refractivity contribution in [3.8, 4) is 6.07 Å². The Morgan fingerprint density at radius 3 is 2.26 bits per heavy atom. The summed E-state index contributed by atoms with van der Waals surface area (Å²) in [6.45, 7) is 2.14. The molecule has 3 rings (SSSR count). The Morgan fingerprint density at radius 2 is 1.74 bits per heavy atom. The summed E-state index contributed by atoms with van der Waals surface area (Å²) in [4.78, 5) is 0.186. The van der Waals surface area contributed by atoms with Crippen LogP contribution in [0, 0.1) is 23.2 Å². The standard InChI is InChI=1S/C18H18N2O2S/c1-13-11-17(13)18(15-5-3-2-4-6-15)20-23(21,22)16-9-7-14(12-19)8-10-16/h2-10,13,17-18,20H,11H2,1H3. The van der Waals surface area contributed by atoms with E-state index >= 15 is 0 Å². The number of hydrogen-bond donors (Lipinski definition) is 1. The number of nitrogens with one attached hydrogen (secondary N) is 1. The van der Waals surface area contributed by atoms with Crippen LogP contribution in [-0.2, 0) is 10.0 Å². The Morgan fingerprint density at radius 1 is 1.13 bits per heavy atom. The molecule has 2 aromatic rings. The lowest BCUT2D eigenvalue weighted by atomic mass is 10.0. The first-order valence-electron chi connectivity index (χ1n) is 7.59. The van der Waals surface area contributed by atoms with Gasteiger partial charge in [0, 0.05) is 0 Å². The summed E-state index contributed by atoms with van der Waals surface area (Å²) < 4.78 is 28.2. The number of rotatable bonds is 5. The van der Waals surface area contributed by atoms with Gasteiger partial charge in [0.1, 0.15) is 0 Å². The van der Waals surface area contributed by atoms with Gasteiger partial charge in [-0.3, -0.25) is 0 Å². The summed E-state index contributed by atoms with van der Waals surface area (Å²) in [6, 6.07) is 17.4. The Hall–Kier alpha value is -2.16. The summed E-state index contributed by atoms with van der Waals surface area (Å²) in [5.74, 6) is 0.842. The van der Waals surface area contributed by atoms with Gasteiger partial charge in [-0.15, -0.1) is 0 Å². The molecule has 0 amide bonds. The summed E-state index contributed by atoms with van der Waals surface area (Å²) in [5, 5.41) is 8.82. The zero-order valence-electron chi connectivity index (χ0n) is 12.8. The topological polar surface area (TPSA) is 70.0 Å². The minimum absolute atomic E-state index is 0.186. The SMILES string of the molecule is CC1CC1C(NS(=O)(=O)c1ccc(C#N)cc1)c1ccccc1. The van der Waals surface area contributed by atoms with E-state index in [1.54, 1.807) is 0 Å². The minimum atomic E-state index is -3.62. The molecular weight excluding hydrogens is 308 g/mol. The van der Waals surface area contributed by atoms with Gasteiger partial charge in [-0.2, -0.15) is 5.26 Å². The van der Waals surface area contributed by atoms with Gasteiger partial charge in [-0.05, 0) is 48.1 Å². The molecule has 1 aliphatic carbocycles. The van der Waals surface area contributed by atoms with Crippen molar-refractivity contribution in [2.45, 2.75) is 24.3 Å². The zero-order chi connectivity index (χ0) is 16.4. The van der Waals surface area contributed by atoms with Crippen molar-refractivity contribution in [3.05, 3.63) is 65.7 Å². The summed E-state index contributed by atoms with van der Waals surface area (Å²) in [6.07, 6.45) is 1.02. The van der Waals surface area contributed by atoms with Crippen LogP contribution in [0.2, 0.25) is 0 Å². The summed E-state index contributed by atoms with van der Waals surface area (Å²) in [7, 11) is -3.62. The molecule has 3 atom stereocenters. The van der Waals surface area contributed by atoms with Gasteiger partial charge >= 0.3 is 0 Å². The predicted molar refractivity (Wildman–Crippen MR) is 87.9 cm³/mol. The molecule has 0 aromatic heterocycles. The molecule has 4 nitrogen and oxygen atoms in total. The average molecular weight is 326 g/mol. The molecule has 0 saturated heterocycles. The monoisotopic (exact) mass is 326 g/mol. The first kappa shape index (κ1) is 15.7. The zero-order valence-corrected chi connectivity index (χ0v) is 13.6. The third-order valence-corrected chi connectivity index (χ3v) is 5.79. The highest BCUT2D eigenvalue weighted by Gasteiger charge is 2.42. The van der Waals surface area contributed by atoms with E-state index in [-0.39, 0.29) is 10.9 Å². The van der Waals surface area contributed by atoms with Crippen molar-refractivity contribution >= 4 is 10.0 Å². The third kappa shape index (κ3) is 3.44. The Labute approximate surface area is 136 Å². The molecule has 0 aliphatic heterocycles. The molecule has 1 fully saturated rings. The van der Waals surface area contributed by atoms with Gasteiger partial charge in [0.2, 0.25) is 10.0 Å². The molecule has 1 aliphatic rings. The van der Waals surface area contributed by atoms with E-state index in [1.165, 1.54) is 24.3 Å². The van der Waals surface area contributed by atoms with E-state index in [4.69, 9.17) is 5.26 Å². The highest BCUT2D eigenvalue weighted by atomic mass is 32.2. The number of nitriles is 1. The lowest BCUT2D eigenvalue weighted by molar-refractivity contribution is 0.513. The van der Waals surface area contributed by atoms with Crippen molar-refractivity contribution in [1.82, 2.24) is 4.72 Å². The normalized spacial score (nSPS) is 21.4. The number of sulfonamides is 1. The predicted octanol–water partition coefficient (Wildman–Crippen LogP) is 3.23. The average Bonchev–Trinajstić information content (AvgIpc) is 3.30. The summed E-state index contributed by atoms with van der Waals surface area (Å²) >= 11 is 0. The van der Waals surface area contributed by atoms with Gasteiger partial charge in [0.25, 0.3) is 0 Å². The molecule has 118 valence electrons. The van der Waals surface area contributed by atoms with Gasteiger partial charge in [-0.25, -0.2) is 13.1 Å². The van der Waals surface area contributed by atoms with Crippen LogP contribution in [0.15, 0.2) is 59.5 Å². The molecule has 2 aromatic carbocycles. The maximum atomic E-state index is 12.7. The molecule has 23 heavy (non-hydrogen) atoms. The van der Waals surface area contributed by atoms with Gasteiger partial charge < -0.3 is 0 Å². The molecule has 5 heteroatoms. The second-order valence-corrected chi connectivity index (χ2v) is 7.74. The Balaban J connectivity index is 1.88. The van der Waals surface area contributed by atoms with E-state index in [0.717, 1.165) is 12.0 Å². The van der Waals surface area contributed by atoms with Crippen molar-refractivity contribution in [3.63, 3.8) is 0 Å². The van der Waals surface area contributed by atoms with Crippen LogP contribution >= 0.6 is 0 Å². The molecule has 0 spiro atoms. The summed E-state index contributed by atoms with van der Waals surface area (Å²) in [5.41, 5.74) is 1.43. The number of benzene rings is 2. The van der Waals surface area contributed by atoms with E-state index in [9.17, 15) is 8.42 Å². The molecule has 1 saturated carbocycles.